The van der Waals surface area contributed by atoms with Crippen molar-refractivity contribution in [2.24, 2.45) is 0 Å². The molecule has 2 rings (SSSR count). The second-order valence-electron chi connectivity index (χ2n) is 6.86. The quantitative estimate of drug-likeness (QED) is 0.294. The number of aromatic hydroxyl groups is 2. The van der Waals surface area contributed by atoms with E-state index in [4.69, 9.17) is 29.9 Å². The van der Waals surface area contributed by atoms with Crippen molar-refractivity contribution in [1.82, 2.24) is 0 Å². The lowest BCUT2D eigenvalue weighted by atomic mass is 10.1. The van der Waals surface area contributed by atoms with Gasteiger partial charge >= 0.3 is 0 Å². The van der Waals surface area contributed by atoms with Crippen molar-refractivity contribution in [2.45, 2.75) is 59.5 Å². The molecule has 0 atom stereocenters. The Morgan fingerprint density at radius 3 is 1.23 bits per heavy atom. The van der Waals surface area contributed by atoms with Crippen LogP contribution in [0, 0.1) is 0 Å². The van der Waals surface area contributed by atoms with E-state index in [1.54, 1.807) is 24.3 Å². The molecule has 0 saturated heterocycles. The lowest BCUT2D eigenvalue weighted by molar-refractivity contribution is 0.258. The third-order valence-electron chi connectivity index (χ3n) is 4.40. The highest BCUT2D eigenvalue weighted by Gasteiger charge is 2.10. The number of aliphatic hydroxyl groups is 4. The number of aliphatic hydroxyl groups excluding tert-OH is 4. The lowest BCUT2D eigenvalue weighted by Gasteiger charge is -2.11. The van der Waals surface area contributed by atoms with Gasteiger partial charge in [-0.1, -0.05) is 20.3 Å². The summed E-state index contributed by atoms with van der Waals surface area (Å²) >= 11 is 0. The predicted molar refractivity (Wildman–Crippen MR) is 116 cm³/mol. The molecule has 174 valence electrons. The molecular weight excluding hydrogens is 404 g/mol. The van der Waals surface area contributed by atoms with E-state index in [0.29, 0.717) is 47.0 Å². The van der Waals surface area contributed by atoms with Gasteiger partial charge in [-0.3, -0.25) is 0 Å². The third-order valence-corrected chi connectivity index (χ3v) is 4.40. The number of rotatable bonds is 11. The maximum absolute atomic E-state index is 9.61. The van der Waals surface area contributed by atoms with Crippen LogP contribution in [-0.4, -0.2) is 43.9 Å². The molecular formula is C23H34O8. The summed E-state index contributed by atoms with van der Waals surface area (Å²) in [5, 5.41) is 55.2. The molecule has 0 radical (unpaired) electrons. The Bertz CT molecular complexity index is 741. The van der Waals surface area contributed by atoms with Gasteiger partial charge in [-0.05, 0) is 37.1 Å². The summed E-state index contributed by atoms with van der Waals surface area (Å²) in [4.78, 5) is 0. The van der Waals surface area contributed by atoms with Crippen LogP contribution in [0.2, 0.25) is 0 Å². The van der Waals surface area contributed by atoms with Gasteiger partial charge in [0.05, 0.1) is 39.6 Å². The summed E-state index contributed by atoms with van der Waals surface area (Å²) in [6.45, 7) is 4.12. The zero-order valence-corrected chi connectivity index (χ0v) is 18.2. The number of hydrogen-bond acceptors (Lipinski definition) is 8. The molecule has 0 heterocycles. The molecule has 0 spiro atoms. The summed E-state index contributed by atoms with van der Waals surface area (Å²) in [5.41, 5.74) is 1.48. The first-order chi connectivity index (χ1) is 14.9. The minimum Gasteiger partial charge on any atom is -0.507 e. The van der Waals surface area contributed by atoms with E-state index in [2.05, 4.69) is 6.92 Å². The zero-order chi connectivity index (χ0) is 23.2. The van der Waals surface area contributed by atoms with Crippen molar-refractivity contribution in [3.63, 3.8) is 0 Å². The van der Waals surface area contributed by atoms with Gasteiger partial charge in [0.1, 0.15) is 23.0 Å². The van der Waals surface area contributed by atoms with E-state index < -0.39 is 0 Å². The van der Waals surface area contributed by atoms with Gasteiger partial charge in [0.25, 0.3) is 0 Å². The number of hydrogen-bond donors (Lipinski definition) is 6. The van der Waals surface area contributed by atoms with E-state index in [1.165, 1.54) is 0 Å². The van der Waals surface area contributed by atoms with Crippen LogP contribution in [0.3, 0.4) is 0 Å². The molecule has 0 bridgehead atoms. The fourth-order valence-electron chi connectivity index (χ4n) is 2.66. The molecule has 0 fully saturated rings. The number of phenols is 2. The van der Waals surface area contributed by atoms with E-state index in [-0.39, 0.29) is 37.9 Å². The van der Waals surface area contributed by atoms with Gasteiger partial charge in [0, 0.05) is 22.3 Å². The molecule has 2 aromatic rings. The fraction of sp³-hybridized carbons (Fsp3) is 0.478. The minimum absolute atomic E-state index is 0.0622. The summed E-state index contributed by atoms with van der Waals surface area (Å²) in [5.74, 6) is 0.999. The first-order valence-corrected chi connectivity index (χ1v) is 10.3. The monoisotopic (exact) mass is 438 g/mol. The molecule has 8 nitrogen and oxygen atoms in total. The van der Waals surface area contributed by atoms with Gasteiger partial charge in [-0.25, -0.2) is 0 Å². The Kier molecular flexibility index (Phi) is 12.4. The molecule has 0 unspecified atom stereocenters. The van der Waals surface area contributed by atoms with Gasteiger partial charge in [-0.2, -0.15) is 0 Å². The van der Waals surface area contributed by atoms with Crippen LogP contribution < -0.4 is 9.47 Å². The lowest BCUT2D eigenvalue weighted by Crippen LogP contribution is -1.99. The van der Waals surface area contributed by atoms with Gasteiger partial charge in [-0.15, -0.1) is 0 Å². The van der Waals surface area contributed by atoms with Crippen molar-refractivity contribution in [3.05, 3.63) is 46.5 Å². The number of ether oxygens (including phenoxy) is 2. The highest BCUT2D eigenvalue weighted by Crippen LogP contribution is 2.29. The van der Waals surface area contributed by atoms with Crippen LogP contribution >= 0.6 is 0 Å². The van der Waals surface area contributed by atoms with Crippen LogP contribution in [-0.2, 0) is 26.4 Å². The van der Waals surface area contributed by atoms with Crippen LogP contribution in [0.4, 0.5) is 0 Å². The molecule has 0 saturated carbocycles. The summed E-state index contributed by atoms with van der Waals surface area (Å²) < 4.78 is 10.8. The fourth-order valence-corrected chi connectivity index (χ4v) is 2.66. The van der Waals surface area contributed by atoms with Gasteiger partial charge in [0.2, 0.25) is 0 Å². The molecule has 6 N–H and O–H groups in total. The molecule has 2 aromatic carbocycles. The molecule has 31 heavy (non-hydrogen) atoms. The smallest absolute Gasteiger partial charge is 0.126 e. The molecule has 0 amide bonds. The van der Waals surface area contributed by atoms with Crippen molar-refractivity contribution in [1.29, 1.82) is 0 Å². The highest BCUT2D eigenvalue weighted by atomic mass is 16.5. The standard InChI is InChI=1S/C12H18O4.C11H16O4/c1-2-3-4-16-11-5-9(7-13)12(15)10(6-11)8-14;1-2-3-15-10-4-8(6-12)11(14)9(5-10)7-13/h5-6,13-15H,2-4,7-8H2,1H3;4-5,12-14H,2-3,6-7H2,1H3. The average molecular weight is 439 g/mol. The maximum atomic E-state index is 9.61. The zero-order valence-electron chi connectivity index (χ0n) is 18.2. The first-order valence-electron chi connectivity index (χ1n) is 10.3. The third kappa shape index (κ3) is 8.26. The summed E-state index contributed by atoms with van der Waals surface area (Å²) in [6, 6.07) is 6.32. The van der Waals surface area contributed by atoms with Crippen LogP contribution in [0.25, 0.3) is 0 Å². The van der Waals surface area contributed by atoms with E-state index in [1.807, 2.05) is 6.92 Å². The van der Waals surface area contributed by atoms with E-state index >= 15 is 0 Å². The van der Waals surface area contributed by atoms with Crippen molar-refractivity contribution in [3.8, 4) is 23.0 Å². The van der Waals surface area contributed by atoms with Crippen LogP contribution in [0.1, 0.15) is 55.4 Å². The van der Waals surface area contributed by atoms with Crippen molar-refractivity contribution < 1.29 is 40.1 Å². The second kappa shape index (κ2) is 14.5. The number of benzene rings is 2. The summed E-state index contributed by atoms with van der Waals surface area (Å²) in [7, 11) is 0. The van der Waals surface area contributed by atoms with Crippen LogP contribution in [0.5, 0.6) is 23.0 Å². The predicted octanol–water partition coefficient (Wildman–Crippen LogP) is 2.72. The molecule has 0 aliphatic rings. The van der Waals surface area contributed by atoms with Crippen molar-refractivity contribution >= 4 is 0 Å². The summed E-state index contributed by atoms with van der Waals surface area (Å²) in [6.07, 6.45) is 2.87. The Labute approximate surface area is 183 Å². The maximum Gasteiger partial charge on any atom is 0.126 e. The molecule has 8 heteroatoms. The normalized spacial score (nSPS) is 10.4. The Morgan fingerprint density at radius 2 is 0.935 bits per heavy atom. The SMILES string of the molecule is CCCCOc1cc(CO)c(O)c(CO)c1.CCCOc1cc(CO)c(O)c(CO)c1. The Balaban J connectivity index is 0.000000311. The second-order valence-corrected chi connectivity index (χ2v) is 6.86. The number of unbranched alkanes of at least 4 members (excludes halogenated alkanes) is 1. The van der Waals surface area contributed by atoms with Gasteiger partial charge < -0.3 is 40.1 Å². The highest BCUT2D eigenvalue weighted by molar-refractivity contribution is 5.46. The molecule has 0 aliphatic heterocycles. The topological polar surface area (TPSA) is 140 Å². The van der Waals surface area contributed by atoms with E-state index in [0.717, 1.165) is 19.3 Å². The molecule has 0 aromatic heterocycles. The Hall–Kier alpha value is -2.52. The first kappa shape index (κ1) is 26.5. The van der Waals surface area contributed by atoms with Gasteiger partial charge in [0.15, 0.2) is 0 Å². The Morgan fingerprint density at radius 1 is 0.581 bits per heavy atom. The average Bonchev–Trinajstić information content (AvgIpc) is 2.79. The van der Waals surface area contributed by atoms with Crippen molar-refractivity contribution in [2.75, 3.05) is 13.2 Å². The largest absolute Gasteiger partial charge is 0.507 e. The molecule has 0 aliphatic carbocycles. The minimum atomic E-state index is -0.276. The van der Waals surface area contributed by atoms with Crippen LogP contribution in [0.15, 0.2) is 24.3 Å². The van der Waals surface area contributed by atoms with E-state index in [9.17, 15) is 10.2 Å².